The van der Waals surface area contributed by atoms with Crippen LogP contribution in [-0.4, -0.2) is 23.3 Å². The van der Waals surface area contributed by atoms with Gasteiger partial charge in [0.1, 0.15) is 5.84 Å². The molecule has 29 heavy (non-hydrogen) atoms. The van der Waals surface area contributed by atoms with Crippen molar-refractivity contribution in [2.75, 3.05) is 6.61 Å². The van der Waals surface area contributed by atoms with Gasteiger partial charge in [-0.15, -0.1) is 0 Å². The van der Waals surface area contributed by atoms with Crippen molar-refractivity contribution in [3.63, 3.8) is 0 Å². The molecule has 1 aliphatic carbocycles. The average molecular weight is 402 g/mol. The van der Waals surface area contributed by atoms with E-state index in [2.05, 4.69) is 39.6 Å². The van der Waals surface area contributed by atoms with Crippen molar-refractivity contribution in [3.05, 3.63) is 23.4 Å². The van der Waals surface area contributed by atoms with Gasteiger partial charge in [-0.1, -0.05) is 47.5 Å². The van der Waals surface area contributed by atoms with Crippen molar-refractivity contribution in [2.45, 2.75) is 85.5 Å². The van der Waals surface area contributed by atoms with Crippen molar-refractivity contribution in [2.24, 2.45) is 28.5 Å². The number of aliphatic imine (C=N–C) groups is 1. The van der Waals surface area contributed by atoms with E-state index in [1.807, 2.05) is 19.1 Å². The first-order valence-corrected chi connectivity index (χ1v) is 11.2. The van der Waals surface area contributed by atoms with Crippen molar-refractivity contribution < 1.29 is 9.53 Å². The second-order valence-electron chi connectivity index (χ2n) is 9.53. The van der Waals surface area contributed by atoms with Gasteiger partial charge in [-0.3, -0.25) is 4.79 Å². The summed E-state index contributed by atoms with van der Waals surface area (Å²) in [5.74, 6) is 1.73. The number of ether oxygens (including phenoxy) is 1. The Bertz CT molecular complexity index is 721. The highest BCUT2D eigenvalue weighted by molar-refractivity contribution is 6.05. The van der Waals surface area contributed by atoms with Crippen LogP contribution < -0.4 is 10.5 Å². The Morgan fingerprint density at radius 2 is 1.90 bits per heavy atom. The topological polar surface area (TPSA) is 77.6 Å². The van der Waals surface area contributed by atoms with Crippen molar-refractivity contribution in [1.29, 1.82) is 0 Å². The molecule has 0 spiro atoms. The number of carbonyl (C=O) groups is 1. The molecule has 1 heterocycles. The summed E-state index contributed by atoms with van der Waals surface area (Å²) in [5.41, 5.74) is 8.02. The van der Waals surface area contributed by atoms with Gasteiger partial charge in [-0.25, -0.2) is 4.98 Å². The third-order valence-corrected chi connectivity index (χ3v) is 5.89. The monoisotopic (exact) mass is 401 g/mol. The van der Waals surface area contributed by atoms with Gasteiger partial charge in [0.2, 0.25) is 5.88 Å². The van der Waals surface area contributed by atoms with Crippen LogP contribution in [0.4, 0.5) is 0 Å². The van der Waals surface area contributed by atoms with Gasteiger partial charge in [0.25, 0.3) is 5.91 Å². The van der Waals surface area contributed by atoms with Gasteiger partial charge in [-0.2, -0.15) is 4.99 Å². The number of rotatable bonds is 10. The summed E-state index contributed by atoms with van der Waals surface area (Å²) in [4.78, 5) is 22.1. The molecule has 1 saturated carbocycles. The van der Waals surface area contributed by atoms with E-state index in [1.54, 1.807) is 0 Å². The largest absolute Gasteiger partial charge is 0.478 e. The molecule has 1 amide bonds. The first-order valence-electron chi connectivity index (χ1n) is 11.2. The number of pyridine rings is 1. The normalized spacial score (nSPS) is 17.3. The van der Waals surface area contributed by atoms with Gasteiger partial charge in [-0.05, 0) is 50.5 Å². The highest BCUT2D eigenvalue weighted by Crippen LogP contribution is 2.44. The molecule has 0 aromatic carbocycles. The summed E-state index contributed by atoms with van der Waals surface area (Å²) >= 11 is 0. The minimum atomic E-state index is -0.101. The Labute approximate surface area is 176 Å². The standard InChI is InChI=1S/C24H39N3O2/c1-7-29-20-12-11-19(21(26-20)24(6)13-8-14-24)22(25)27-23(28)18(15-17(4)5)10-9-16(2)3/h11-12,16-18H,7-10,13-15H2,1-6H3,(H2,25,27,28). The summed E-state index contributed by atoms with van der Waals surface area (Å²) < 4.78 is 5.60. The van der Waals surface area contributed by atoms with Crippen molar-refractivity contribution >= 4 is 11.7 Å². The first kappa shape index (κ1) is 23.4. The molecule has 1 fully saturated rings. The van der Waals surface area contributed by atoms with Gasteiger partial charge < -0.3 is 10.5 Å². The fourth-order valence-electron chi connectivity index (χ4n) is 4.00. The minimum Gasteiger partial charge on any atom is -0.478 e. The highest BCUT2D eigenvalue weighted by atomic mass is 16.5. The number of aromatic nitrogens is 1. The molecular weight excluding hydrogens is 362 g/mol. The molecule has 0 saturated heterocycles. The Morgan fingerprint density at radius 3 is 2.41 bits per heavy atom. The van der Waals surface area contributed by atoms with Gasteiger partial charge in [0.15, 0.2) is 0 Å². The maximum absolute atomic E-state index is 13.0. The summed E-state index contributed by atoms with van der Waals surface area (Å²) in [7, 11) is 0. The number of nitrogens with two attached hydrogens (primary N) is 1. The van der Waals surface area contributed by atoms with E-state index in [1.165, 1.54) is 6.42 Å². The smallest absolute Gasteiger partial charge is 0.250 e. The Morgan fingerprint density at radius 1 is 1.21 bits per heavy atom. The quantitative estimate of drug-likeness (QED) is 0.429. The first-order chi connectivity index (χ1) is 13.7. The van der Waals surface area contributed by atoms with Gasteiger partial charge in [0.05, 0.1) is 12.3 Å². The van der Waals surface area contributed by atoms with E-state index in [0.717, 1.165) is 43.4 Å². The summed E-state index contributed by atoms with van der Waals surface area (Å²) in [6.45, 7) is 13.4. The molecule has 5 nitrogen and oxygen atoms in total. The number of hydrogen-bond donors (Lipinski definition) is 1. The molecule has 1 aromatic heterocycles. The summed E-state index contributed by atoms with van der Waals surface area (Å²) in [6.07, 6.45) is 6.03. The number of hydrogen-bond acceptors (Lipinski definition) is 3. The van der Waals surface area contributed by atoms with Crippen LogP contribution in [0, 0.1) is 17.8 Å². The van der Waals surface area contributed by atoms with Crippen LogP contribution >= 0.6 is 0 Å². The van der Waals surface area contributed by atoms with Crippen LogP contribution in [0.5, 0.6) is 5.88 Å². The summed E-state index contributed by atoms with van der Waals surface area (Å²) in [5, 5.41) is 0. The van der Waals surface area contributed by atoms with Crippen LogP contribution in [0.1, 0.15) is 91.3 Å². The lowest BCUT2D eigenvalue weighted by atomic mass is 9.67. The Kier molecular flexibility index (Phi) is 8.23. The molecule has 0 aliphatic heterocycles. The molecule has 0 radical (unpaired) electrons. The fourth-order valence-corrected chi connectivity index (χ4v) is 4.00. The molecule has 1 atom stereocenters. The van der Waals surface area contributed by atoms with Crippen LogP contribution in [0.15, 0.2) is 17.1 Å². The average Bonchev–Trinajstić information content (AvgIpc) is 2.62. The van der Waals surface area contributed by atoms with E-state index < -0.39 is 0 Å². The maximum Gasteiger partial charge on any atom is 0.250 e. The number of amides is 1. The molecule has 1 aliphatic rings. The van der Waals surface area contributed by atoms with Gasteiger partial charge in [0, 0.05) is 23.0 Å². The second kappa shape index (κ2) is 10.2. The van der Waals surface area contributed by atoms with E-state index in [0.29, 0.717) is 24.3 Å². The van der Waals surface area contributed by atoms with Crippen LogP contribution in [-0.2, 0) is 10.2 Å². The van der Waals surface area contributed by atoms with Crippen LogP contribution in [0.3, 0.4) is 0 Å². The fraction of sp³-hybridized carbons (Fsp3) is 0.708. The molecule has 162 valence electrons. The third-order valence-electron chi connectivity index (χ3n) is 5.89. The zero-order chi connectivity index (χ0) is 21.6. The zero-order valence-electron chi connectivity index (χ0n) is 19.1. The van der Waals surface area contributed by atoms with E-state index in [9.17, 15) is 4.79 Å². The zero-order valence-corrected chi connectivity index (χ0v) is 19.1. The lowest BCUT2D eigenvalue weighted by Crippen LogP contribution is -2.35. The third kappa shape index (κ3) is 6.28. The van der Waals surface area contributed by atoms with E-state index in [4.69, 9.17) is 15.5 Å². The lowest BCUT2D eigenvalue weighted by molar-refractivity contribution is -0.122. The molecular formula is C24H39N3O2. The SMILES string of the molecule is CCOc1ccc(C(N)=NC(=O)C(CCC(C)C)CC(C)C)c(C2(C)CCC2)n1. The number of carbonyl (C=O) groups excluding carboxylic acids is 1. The van der Waals surface area contributed by atoms with E-state index in [-0.39, 0.29) is 23.1 Å². The van der Waals surface area contributed by atoms with Gasteiger partial charge >= 0.3 is 0 Å². The minimum absolute atomic E-state index is 0.0272. The highest BCUT2D eigenvalue weighted by Gasteiger charge is 2.38. The number of amidine groups is 1. The predicted molar refractivity (Wildman–Crippen MR) is 119 cm³/mol. The van der Waals surface area contributed by atoms with Crippen molar-refractivity contribution in [3.8, 4) is 5.88 Å². The Hall–Kier alpha value is -1.91. The molecule has 1 unspecified atom stereocenters. The van der Waals surface area contributed by atoms with Crippen LogP contribution in [0.2, 0.25) is 0 Å². The predicted octanol–water partition coefficient (Wildman–Crippen LogP) is 5.25. The maximum atomic E-state index is 13.0. The summed E-state index contributed by atoms with van der Waals surface area (Å²) in [6, 6.07) is 3.73. The molecule has 2 rings (SSSR count). The van der Waals surface area contributed by atoms with E-state index >= 15 is 0 Å². The number of nitrogens with zero attached hydrogens (tertiary/aromatic N) is 2. The van der Waals surface area contributed by atoms with Crippen LogP contribution in [0.25, 0.3) is 0 Å². The molecule has 2 N–H and O–H groups in total. The Balaban J connectivity index is 2.31. The van der Waals surface area contributed by atoms with Crippen molar-refractivity contribution in [1.82, 2.24) is 4.98 Å². The molecule has 0 bridgehead atoms. The second-order valence-corrected chi connectivity index (χ2v) is 9.53. The molecule has 5 heteroatoms. The molecule has 1 aromatic rings. The lowest BCUT2D eigenvalue weighted by Gasteiger charge is -2.39.